The molecule has 3 nitrogen and oxygen atoms in total. The van der Waals surface area contributed by atoms with Crippen molar-refractivity contribution in [2.24, 2.45) is 5.92 Å². The molecule has 1 saturated carbocycles. The minimum atomic E-state index is 0.222. The van der Waals surface area contributed by atoms with Gasteiger partial charge in [0.1, 0.15) is 0 Å². The molecule has 138 valence electrons. The van der Waals surface area contributed by atoms with Gasteiger partial charge < -0.3 is 4.90 Å². The van der Waals surface area contributed by atoms with Crippen LogP contribution in [0.25, 0.3) is 0 Å². The summed E-state index contributed by atoms with van der Waals surface area (Å²) >= 11 is 0. The summed E-state index contributed by atoms with van der Waals surface area (Å²) in [6, 6.07) is 7.06. The van der Waals surface area contributed by atoms with Gasteiger partial charge in [0, 0.05) is 24.6 Å². The highest BCUT2D eigenvalue weighted by Crippen LogP contribution is 2.47. The summed E-state index contributed by atoms with van der Waals surface area (Å²) in [7, 11) is 0. The average Bonchev–Trinajstić information content (AvgIpc) is 3.42. The molecule has 0 unspecified atom stereocenters. The lowest BCUT2D eigenvalue weighted by atomic mass is 9.63. The second kappa shape index (κ2) is 6.07. The van der Waals surface area contributed by atoms with Crippen LogP contribution in [0.4, 0.5) is 11.6 Å². The van der Waals surface area contributed by atoms with Crippen LogP contribution in [0, 0.1) is 12.8 Å². The van der Waals surface area contributed by atoms with Crippen molar-refractivity contribution in [1.29, 1.82) is 0 Å². The molecule has 0 saturated heterocycles. The summed E-state index contributed by atoms with van der Waals surface area (Å²) < 4.78 is 0. The zero-order valence-electron chi connectivity index (χ0n) is 16.8. The summed E-state index contributed by atoms with van der Waals surface area (Å²) in [4.78, 5) is 11.6. The first-order valence-electron chi connectivity index (χ1n) is 9.97. The van der Waals surface area contributed by atoms with Gasteiger partial charge in [-0.1, -0.05) is 33.8 Å². The molecule has 0 amide bonds. The SMILES string of the molecule is Cc1cnc(N(CC2CC2)c2ccc3c(c2)C(C)(C)CCC3(C)C)nc1. The van der Waals surface area contributed by atoms with Gasteiger partial charge >= 0.3 is 0 Å². The number of anilines is 2. The Balaban J connectivity index is 1.78. The van der Waals surface area contributed by atoms with Gasteiger partial charge in [0.15, 0.2) is 0 Å². The fourth-order valence-corrected chi connectivity index (χ4v) is 4.13. The van der Waals surface area contributed by atoms with E-state index >= 15 is 0 Å². The van der Waals surface area contributed by atoms with Crippen LogP contribution >= 0.6 is 0 Å². The molecular weight excluding hydrogens is 318 g/mol. The second-order valence-corrected chi connectivity index (χ2v) is 9.61. The maximum Gasteiger partial charge on any atom is 0.229 e. The van der Waals surface area contributed by atoms with Gasteiger partial charge in [-0.2, -0.15) is 0 Å². The molecular formula is C23H31N3. The molecule has 1 aromatic heterocycles. The van der Waals surface area contributed by atoms with E-state index in [-0.39, 0.29) is 10.8 Å². The van der Waals surface area contributed by atoms with Crippen LogP contribution in [0.15, 0.2) is 30.6 Å². The van der Waals surface area contributed by atoms with E-state index in [9.17, 15) is 0 Å². The summed E-state index contributed by atoms with van der Waals surface area (Å²) in [6.45, 7) is 12.6. The van der Waals surface area contributed by atoms with Gasteiger partial charge in [0.25, 0.3) is 0 Å². The molecule has 1 aromatic carbocycles. The van der Waals surface area contributed by atoms with E-state index in [1.807, 2.05) is 19.3 Å². The van der Waals surface area contributed by atoms with Crippen LogP contribution in [0.5, 0.6) is 0 Å². The van der Waals surface area contributed by atoms with Crippen molar-refractivity contribution in [2.45, 2.75) is 71.1 Å². The number of nitrogens with zero attached hydrogens (tertiary/aromatic N) is 3. The number of aryl methyl sites for hydroxylation is 1. The summed E-state index contributed by atoms with van der Waals surface area (Å²) in [5.74, 6) is 1.61. The van der Waals surface area contributed by atoms with Crippen molar-refractivity contribution >= 4 is 11.6 Å². The first-order chi connectivity index (χ1) is 12.3. The number of benzene rings is 1. The molecule has 2 aliphatic carbocycles. The summed E-state index contributed by atoms with van der Waals surface area (Å²) in [5.41, 5.74) is 5.83. The zero-order valence-corrected chi connectivity index (χ0v) is 16.8. The van der Waals surface area contributed by atoms with Gasteiger partial charge in [-0.05, 0) is 78.2 Å². The lowest BCUT2D eigenvalue weighted by molar-refractivity contribution is 0.332. The van der Waals surface area contributed by atoms with Crippen LogP contribution in [0.1, 0.15) is 70.1 Å². The van der Waals surface area contributed by atoms with E-state index in [1.165, 1.54) is 42.5 Å². The van der Waals surface area contributed by atoms with E-state index in [4.69, 9.17) is 0 Å². The second-order valence-electron chi connectivity index (χ2n) is 9.61. The van der Waals surface area contributed by atoms with Crippen LogP contribution < -0.4 is 4.90 Å². The molecule has 2 aromatic rings. The highest BCUT2D eigenvalue weighted by molar-refractivity contribution is 5.61. The lowest BCUT2D eigenvalue weighted by Crippen LogP contribution is -2.34. The molecule has 0 N–H and O–H groups in total. The molecule has 0 spiro atoms. The van der Waals surface area contributed by atoms with E-state index < -0.39 is 0 Å². The first-order valence-corrected chi connectivity index (χ1v) is 9.97. The van der Waals surface area contributed by atoms with Gasteiger partial charge in [0.2, 0.25) is 5.95 Å². The van der Waals surface area contributed by atoms with Crippen LogP contribution in [-0.2, 0) is 10.8 Å². The monoisotopic (exact) mass is 349 g/mol. The van der Waals surface area contributed by atoms with Gasteiger partial charge in [-0.25, -0.2) is 9.97 Å². The third-order valence-electron chi connectivity index (χ3n) is 6.29. The summed E-state index contributed by atoms with van der Waals surface area (Å²) in [6.07, 6.45) is 8.98. The number of rotatable bonds is 4. The highest BCUT2D eigenvalue weighted by atomic mass is 15.3. The topological polar surface area (TPSA) is 29.0 Å². The summed E-state index contributed by atoms with van der Waals surface area (Å²) in [5, 5.41) is 0. The minimum Gasteiger partial charge on any atom is -0.310 e. The predicted octanol–water partition coefficient (Wildman–Crippen LogP) is 5.68. The standard InChI is InChI=1S/C23H31N3/c1-16-13-24-21(25-14-16)26(15-17-6-7-17)18-8-9-19-20(12-18)23(4,5)11-10-22(19,2)3/h8-9,12-14,17H,6-7,10-11,15H2,1-5H3. The Labute approximate surface area is 157 Å². The fourth-order valence-electron chi connectivity index (χ4n) is 4.13. The minimum absolute atomic E-state index is 0.222. The Morgan fingerprint density at radius 1 is 0.962 bits per heavy atom. The van der Waals surface area contributed by atoms with Crippen molar-refractivity contribution in [2.75, 3.05) is 11.4 Å². The number of hydrogen-bond acceptors (Lipinski definition) is 3. The van der Waals surface area contributed by atoms with Crippen LogP contribution in [0.2, 0.25) is 0 Å². The largest absolute Gasteiger partial charge is 0.310 e. The first kappa shape index (κ1) is 17.5. The fraction of sp³-hybridized carbons (Fsp3) is 0.565. The molecule has 1 fully saturated rings. The van der Waals surface area contributed by atoms with E-state index in [0.29, 0.717) is 0 Å². The molecule has 4 rings (SSSR count). The number of fused-ring (bicyclic) bond motifs is 1. The lowest BCUT2D eigenvalue weighted by Gasteiger charge is -2.42. The molecule has 0 bridgehead atoms. The third-order valence-corrected chi connectivity index (χ3v) is 6.29. The molecule has 3 heteroatoms. The Bertz CT molecular complexity index is 801. The van der Waals surface area contributed by atoms with Crippen molar-refractivity contribution in [3.05, 3.63) is 47.3 Å². The number of hydrogen-bond donors (Lipinski definition) is 0. The molecule has 0 radical (unpaired) electrons. The predicted molar refractivity (Wildman–Crippen MR) is 108 cm³/mol. The molecule has 1 heterocycles. The van der Waals surface area contributed by atoms with E-state index in [0.717, 1.165) is 24.0 Å². The van der Waals surface area contributed by atoms with E-state index in [1.54, 1.807) is 0 Å². The van der Waals surface area contributed by atoms with Crippen molar-refractivity contribution in [3.8, 4) is 0 Å². The zero-order chi connectivity index (χ0) is 18.5. The molecule has 0 atom stereocenters. The van der Waals surface area contributed by atoms with E-state index in [2.05, 4.69) is 60.8 Å². The van der Waals surface area contributed by atoms with Gasteiger partial charge in [0.05, 0.1) is 0 Å². The molecule has 0 aliphatic heterocycles. The smallest absolute Gasteiger partial charge is 0.229 e. The van der Waals surface area contributed by atoms with Crippen molar-refractivity contribution < 1.29 is 0 Å². The molecule has 2 aliphatic rings. The van der Waals surface area contributed by atoms with Crippen LogP contribution in [0.3, 0.4) is 0 Å². The maximum absolute atomic E-state index is 4.63. The quantitative estimate of drug-likeness (QED) is 0.711. The Kier molecular flexibility index (Phi) is 4.09. The van der Waals surface area contributed by atoms with Crippen LogP contribution in [-0.4, -0.2) is 16.5 Å². The molecule has 26 heavy (non-hydrogen) atoms. The normalized spacial score (nSPS) is 20.5. The van der Waals surface area contributed by atoms with Gasteiger partial charge in [-0.15, -0.1) is 0 Å². The van der Waals surface area contributed by atoms with Crippen molar-refractivity contribution in [3.63, 3.8) is 0 Å². The maximum atomic E-state index is 4.63. The Morgan fingerprint density at radius 2 is 1.58 bits per heavy atom. The highest BCUT2D eigenvalue weighted by Gasteiger charge is 2.37. The third kappa shape index (κ3) is 3.24. The van der Waals surface area contributed by atoms with Gasteiger partial charge in [-0.3, -0.25) is 0 Å². The number of aromatic nitrogens is 2. The average molecular weight is 350 g/mol. The Hall–Kier alpha value is -1.90. The van der Waals surface area contributed by atoms with Crippen molar-refractivity contribution in [1.82, 2.24) is 9.97 Å². The Morgan fingerprint density at radius 3 is 2.19 bits per heavy atom.